The molecule has 0 spiro atoms. The summed E-state index contributed by atoms with van der Waals surface area (Å²) in [5.41, 5.74) is 1.40. The molecule has 1 N–H and O–H groups in total. The molecule has 0 aromatic heterocycles. The number of ketones is 2. The third-order valence-corrected chi connectivity index (χ3v) is 3.88. The fraction of sp³-hybridized carbons (Fsp3) is 0.333. The first kappa shape index (κ1) is 17.6. The van der Waals surface area contributed by atoms with Crippen LogP contribution in [0.1, 0.15) is 37.0 Å². The zero-order chi connectivity index (χ0) is 17.7. The minimum atomic E-state index is -0.382. The van der Waals surface area contributed by atoms with Crippen molar-refractivity contribution in [2.24, 2.45) is 0 Å². The second-order valence-corrected chi connectivity index (χ2v) is 5.78. The Bertz CT molecular complexity index is 694. The molecule has 1 heterocycles. The predicted octanol–water partition coefficient (Wildman–Crippen LogP) is 1.97. The lowest BCUT2D eigenvalue weighted by atomic mass is 10.1. The molecule has 1 aliphatic heterocycles. The van der Waals surface area contributed by atoms with E-state index in [4.69, 9.17) is 0 Å². The fourth-order valence-electron chi connectivity index (χ4n) is 2.34. The minimum Gasteiger partial charge on any atom is -0.338 e. The molecule has 2 rings (SSSR count). The maximum atomic E-state index is 12.1. The van der Waals surface area contributed by atoms with E-state index >= 15 is 0 Å². The number of likely N-dealkylation sites (tertiary alicyclic amines) is 1. The Balaban J connectivity index is 1.96. The van der Waals surface area contributed by atoms with E-state index in [-0.39, 0.29) is 29.0 Å². The highest BCUT2D eigenvalue weighted by molar-refractivity contribution is 6.07. The van der Waals surface area contributed by atoms with Gasteiger partial charge in [0.2, 0.25) is 5.91 Å². The predicted molar refractivity (Wildman–Crippen MR) is 89.7 cm³/mol. The Morgan fingerprint density at radius 2 is 1.62 bits per heavy atom. The van der Waals surface area contributed by atoms with Crippen LogP contribution in [0.2, 0.25) is 0 Å². The number of hydrogen-bond donors (Lipinski definition) is 1. The van der Waals surface area contributed by atoms with Gasteiger partial charge in [0.1, 0.15) is 5.78 Å². The molecular formula is C18H20N2O4. The second kappa shape index (κ2) is 7.68. The van der Waals surface area contributed by atoms with Crippen molar-refractivity contribution in [3.05, 3.63) is 41.5 Å². The number of Topliss-reactive ketones (excluding diaryl/α,β-unsaturated/α-hetero) is 2. The van der Waals surface area contributed by atoms with Crippen molar-refractivity contribution in [1.29, 1.82) is 0 Å². The monoisotopic (exact) mass is 328 g/mol. The molecule has 6 nitrogen and oxygen atoms in total. The van der Waals surface area contributed by atoms with Crippen LogP contribution in [0.4, 0.5) is 5.69 Å². The summed E-state index contributed by atoms with van der Waals surface area (Å²) in [5.74, 6) is -0.532. The number of rotatable bonds is 4. The maximum Gasteiger partial charge on any atom is 0.251 e. The quantitative estimate of drug-likeness (QED) is 0.676. The van der Waals surface area contributed by atoms with E-state index < -0.39 is 0 Å². The van der Waals surface area contributed by atoms with Crippen LogP contribution in [0.5, 0.6) is 0 Å². The van der Waals surface area contributed by atoms with Crippen LogP contribution in [0.15, 0.2) is 35.9 Å². The van der Waals surface area contributed by atoms with Gasteiger partial charge in [0.25, 0.3) is 5.91 Å². The van der Waals surface area contributed by atoms with E-state index in [0.717, 1.165) is 0 Å². The van der Waals surface area contributed by atoms with Gasteiger partial charge in [-0.25, -0.2) is 0 Å². The lowest BCUT2D eigenvalue weighted by molar-refractivity contribution is -0.130. The van der Waals surface area contributed by atoms with Gasteiger partial charge in [-0.3, -0.25) is 19.2 Å². The molecular weight excluding hydrogens is 308 g/mol. The lowest BCUT2D eigenvalue weighted by Gasteiger charge is -2.24. The van der Waals surface area contributed by atoms with Crippen molar-refractivity contribution in [2.75, 3.05) is 18.4 Å². The summed E-state index contributed by atoms with van der Waals surface area (Å²) in [6.45, 7) is 3.83. The number of carbonyl (C=O) groups excluding carboxylic acids is 4. The molecule has 0 atom stereocenters. The zero-order valence-corrected chi connectivity index (χ0v) is 13.8. The van der Waals surface area contributed by atoms with Gasteiger partial charge >= 0.3 is 0 Å². The number of carbonyl (C=O) groups is 4. The number of anilines is 1. The van der Waals surface area contributed by atoms with E-state index in [0.29, 0.717) is 37.2 Å². The minimum absolute atomic E-state index is 0.0467. The maximum absolute atomic E-state index is 12.1. The third-order valence-electron chi connectivity index (χ3n) is 3.88. The van der Waals surface area contributed by atoms with Crippen molar-refractivity contribution in [2.45, 2.75) is 26.7 Å². The Labute approximate surface area is 140 Å². The number of piperidine rings is 1. The first-order valence-electron chi connectivity index (χ1n) is 7.78. The molecule has 1 aromatic rings. The number of hydrogen-bond acceptors (Lipinski definition) is 4. The fourth-order valence-corrected chi connectivity index (χ4v) is 2.34. The SMILES string of the molecule is CC(=O)c1ccc(NC(=O)/C(C)=C\C(=O)N2CCC(=O)CC2)cc1. The molecule has 126 valence electrons. The number of benzene rings is 1. The average molecular weight is 328 g/mol. The molecule has 0 aliphatic carbocycles. The van der Waals surface area contributed by atoms with Crippen LogP contribution in [0.25, 0.3) is 0 Å². The van der Waals surface area contributed by atoms with Crippen LogP contribution >= 0.6 is 0 Å². The van der Waals surface area contributed by atoms with Crippen molar-refractivity contribution >= 4 is 29.1 Å². The Hall–Kier alpha value is -2.76. The summed E-state index contributed by atoms with van der Waals surface area (Å²) in [5, 5.41) is 2.68. The van der Waals surface area contributed by atoms with Crippen LogP contribution in [0.3, 0.4) is 0 Å². The summed E-state index contributed by atoms with van der Waals surface area (Å²) < 4.78 is 0. The molecule has 1 saturated heterocycles. The molecule has 1 aromatic carbocycles. The van der Waals surface area contributed by atoms with E-state index in [9.17, 15) is 19.2 Å². The Morgan fingerprint density at radius 1 is 1.04 bits per heavy atom. The van der Waals surface area contributed by atoms with Gasteiger partial charge in [-0.05, 0) is 38.1 Å². The normalized spacial score (nSPS) is 15.2. The highest BCUT2D eigenvalue weighted by Gasteiger charge is 2.20. The van der Waals surface area contributed by atoms with E-state index in [1.165, 1.54) is 13.0 Å². The van der Waals surface area contributed by atoms with Crippen molar-refractivity contribution in [3.8, 4) is 0 Å². The van der Waals surface area contributed by atoms with Gasteiger partial charge in [0.05, 0.1) is 0 Å². The number of nitrogens with one attached hydrogen (secondary N) is 1. The highest BCUT2D eigenvalue weighted by atomic mass is 16.2. The number of nitrogens with zero attached hydrogens (tertiary/aromatic N) is 1. The molecule has 0 radical (unpaired) electrons. The van der Waals surface area contributed by atoms with Crippen LogP contribution in [0, 0.1) is 0 Å². The zero-order valence-electron chi connectivity index (χ0n) is 13.8. The smallest absolute Gasteiger partial charge is 0.251 e. The van der Waals surface area contributed by atoms with Gasteiger partial charge in [-0.2, -0.15) is 0 Å². The topological polar surface area (TPSA) is 83.6 Å². The Kier molecular flexibility index (Phi) is 5.63. The summed E-state index contributed by atoms with van der Waals surface area (Å²) in [4.78, 5) is 48.2. The first-order chi connectivity index (χ1) is 11.4. The second-order valence-electron chi connectivity index (χ2n) is 5.78. The van der Waals surface area contributed by atoms with Gasteiger partial charge in [-0.15, -0.1) is 0 Å². The summed E-state index contributed by atoms with van der Waals surface area (Å²) in [6.07, 6.45) is 2.02. The molecule has 0 unspecified atom stereocenters. The molecule has 1 aliphatic rings. The van der Waals surface area contributed by atoms with Gasteiger partial charge in [-0.1, -0.05) is 0 Å². The van der Waals surface area contributed by atoms with E-state index in [1.54, 1.807) is 36.1 Å². The molecule has 0 saturated carbocycles. The van der Waals surface area contributed by atoms with E-state index in [1.807, 2.05) is 0 Å². The molecule has 1 fully saturated rings. The molecule has 6 heteroatoms. The van der Waals surface area contributed by atoms with Gasteiger partial charge in [0.15, 0.2) is 5.78 Å². The summed E-state index contributed by atoms with van der Waals surface area (Å²) in [7, 11) is 0. The first-order valence-corrected chi connectivity index (χ1v) is 7.78. The standard InChI is InChI=1S/C18H20N2O4/c1-12(11-17(23)20-9-7-16(22)8-10-20)18(24)19-15-5-3-14(4-6-15)13(2)21/h3-6,11H,7-10H2,1-2H3,(H,19,24)/b12-11-. The Morgan fingerprint density at radius 3 is 2.17 bits per heavy atom. The van der Waals surface area contributed by atoms with Crippen molar-refractivity contribution in [1.82, 2.24) is 4.90 Å². The van der Waals surface area contributed by atoms with Crippen molar-refractivity contribution < 1.29 is 19.2 Å². The van der Waals surface area contributed by atoms with Gasteiger partial charge in [0, 0.05) is 48.8 Å². The molecule has 24 heavy (non-hydrogen) atoms. The average Bonchev–Trinajstić information content (AvgIpc) is 2.55. The van der Waals surface area contributed by atoms with Crippen molar-refractivity contribution in [3.63, 3.8) is 0 Å². The summed E-state index contributed by atoms with van der Waals surface area (Å²) in [6, 6.07) is 6.54. The number of amides is 2. The summed E-state index contributed by atoms with van der Waals surface area (Å²) >= 11 is 0. The van der Waals surface area contributed by atoms with Crippen LogP contribution in [-0.2, 0) is 14.4 Å². The molecule has 0 bridgehead atoms. The van der Waals surface area contributed by atoms with Crippen LogP contribution in [-0.4, -0.2) is 41.4 Å². The highest BCUT2D eigenvalue weighted by Crippen LogP contribution is 2.12. The van der Waals surface area contributed by atoms with Crippen LogP contribution < -0.4 is 5.32 Å². The lowest BCUT2D eigenvalue weighted by Crippen LogP contribution is -2.38. The van der Waals surface area contributed by atoms with E-state index in [2.05, 4.69) is 5.32 Å². The molecule has 2 amide bonds. The van der Waals surface area contributed by atoms with Gasteiger partial charge < -0.3 is 10.2 Å². The third kappa shape index (κ3) is 4.62. The largest absolute Gasteiger partial charge is 0.338 e.